The second-order valence-corrected chi connectivity index (χ2v) is 6.89. The third-order valence-corrected chi connectivity index (χ3v) is 3.29. The second kappa shape index (κ2) is 9.05. The van der Waals surface area contributed by atoms with Crippen LogP contribution in [0.3, 0.4) is 0 Å². The first kappa shape index (κ1) is 20.5. The average molecular weight is 349 g/mol. The number of nitrogens with two attached hydrogens (primary N) is 1. The molecule has 1 aromatic carbocycles. The van der Waals surface area contributed by atoms with Crippen molar-refractivity contribution in [3.8, 4) is 0 Å². The van der Waals surface area contributed by atoms with Crippen LogP contribution in [0.2, 0.25) is 0 Å². The first-order chi connectivity index (χ1) is 11.6. The van der Waals surface area contributed by atoms with Gasteiger partial charge in [0.05, 0.1) is 0 Å². The average Bonchev–Trinajstić information content (AvgIpc) is 2.50. The fourth-order valence-corrected chi connectivity index (χ4v) is 2.08. The molecule has 0 bridgehead atoms. The van der Waals surface area contributed by atoms with Crippen LogP contribution in [0.15, 0.2) is 24.3 Å². The Morgan fingerprint density at radius 1 is 1.12 bits per heavy atom. The second-order valence-electron chi connectivity index (χ2n) is 6.89. The lowest BCUT2D eigenvalue weighted by Gasteiger charge is -2.20. The Kier molecular flexibility index (Phi) is 7.42. The number of primary amides is 1. The third kappa shape index (κ3) is 8.19. The molecular weight excluding hydrogens is 322 g/mol. The molecular formula is C18H27N3O4. The molecule has 25 heavy (non-hydrogen) atoms. The third-order valence-electron chi connectivity index (χ3n) is 3.29. The van der Waals surface area contributed by atoms with E-state index in [-0.39, 0.29) is 11.9 Å². The van der Waals surface area contributed by atoms with Crippen molar-refractivity contribution in [1.82, 2.24) is 10.6 Å². The summed E-state index contributed by atoms with van der Waals surface area (Å²) in [4.78, 5) is 34.6. The summed E-state index contributed by atoms with van der Waals surface area (Å²) < 4.78 is 5.14. The maximum absolute atomic E-state index is 12.1. The highest BCUT2D eigenvalue weighted by Crippen LogP contribution is 2.07. The van der Waals surface area contributed by atoms with Crippen LogP contribution in [0.1, 0.15) is 61.3 Å². The minimum Gasteiger partial charge on any atom is -0.444 e. The van der Waals surface area contributed by atoms with Gasteiger partial charge in [0.25, 0.3) is 5.91 Å². The highest BCUT2D eigenvalue weighted by atomic mass is 16.6. The van der Waals surface area contributed by atoms with Gasteiger partial charge in [0.15, 0.2) is 0 Å². The highest BCUT2D eigenvalue weighted by Gasteiger charge is 2.15. The van der Waals surface area contributed by atoms with Gasteiger partial charge in [-0.1, -0.05) is 0 Å². The standard InChI is InChI=1S/C18H27N3O4/c1-12(6-5-11-20-17(24)25-18(2,3)4)21-16(23)14-9-7-13(8-10-14)15(19)22/h7-10,12H,5-6,11H2,1-4H3,(H2,19,22)(H,20,24)(H,21,23)/t12-/m1/s1. The van der Waals surface area contributed by atoms with E-state index in [0.29, 0.717) is 30.5 Å². The van der Waals surface area contributed by atoms with Crippen molar-refractivity contribution in [2.45, 2.75) is 52.2 Å². The Balaban J connectivity index is 2.31. The SMILES string of the molecule is C[C@H](CCCNC(=O)OC(C)(C)C)NC(=O)c1ccc(C(N)=O)cc1. The molecule has 4 N–H and O–H groups in total. The van der Waals surface area contributed by atoms with Crippen LogP contribution in [0.25, 0.3) is 0 Å². The lowest BCUT2D eigenvalue weighted by molar-refractivity contribution is 0.0526. The number of hydrogen-bond acceptors (Lipinski definition) is 4. The van der Waals surface area contributed by atoms with E-state index >= 15 is 0 Å². The molecule has 0 unspecified atom stereocenters. The lowest BCUT2D eigenvalue weighted by Crippen LogP contribution is -2.35. The van der Waals surface area contributed by atoms with Crippen LogP contribution >= 0.6 is 0 Å². The van der Waals surface area contributed by atoms with E-state index in [1.165, 1.54) is 12.1 Å². The minimum atomic E-state index is -0.530. The Labute approximate surface area is 148 Å². The number of carbonyl (C=O) groups excluding carboxylic acids is 3. The minimum absolute atomic E-state index is 0.0521. The largest absolute Gasteiger partial charge is 0.444 e. The van der Waals surface area contributed by atoms with E-state index in [1.54, 1.807) is 32.9 Å². The zero-order valence-electron chi connectivity index (χ0n) is 15.2. The quantitative estimate of drug-likeness (QED) is 0.655. The first-order valence-corrected chi connectivity index (χ1v) is 8.26. The summed E-state index contributed by atoms with van der Waals surface area (Å²) >= 11 is 0. The molecule has 138 valence electrons. The smallest absolute Gasteiger partial charge is 0.407 e. The zero-order valence-corrected chi connectivity index (χ0v) is 15.2. The van der Waals surface area contributed by atoms with Gasteiger partial charge in [-0.25, -0.2) is 4.79 Å². The number of hydrogen-bond donors (Lipinski definition) is 3. The summed E-state index contributed by atoms with van der Waals surface area (Å²) in [5.74, 6) is -0.749. The molecule has 0 radical (unpaired) electrons. The van der Waals surface area contributed by atoms with Crippen LogP contribution in [0.4, 0.5) is 4.79 Å². The first-order valence-electron chi connectivity index (χ1n) is 8.26. The number of rotatable bonds is 7. The van der Waals surface area contributed by atoms with Crippen molar-refractivity contribution in [2.75, 3.05) is 6.54 Å². The van der Waals surface area contributed by atoms with Gasteiger partial charge in [0.2, 0.25) is 5.91 Å². The molecule has 0 saturated carbocycles. The molecule has 0 aliphatic rings. The zero-order chi connectivity index (χ0) is 19.0. The molecule has 0 aliphatic carbocycles. The lowest BCUT2D eigenvalue weighted by atomic mass is 10.1. The van der Waals surface area contributed by atoms with Gasteiger partial charge in [-0.05, 0) is 64.8 Å². The molecule has 0 fully saturated rings. The Hall–Kier alpha value is -2.57. The number of nitrogens with one attached hydrogen (secondary N) is 2. The number of ether oxygens (including phenoxy) is 1. The Morgan fingerprint density at radius 3 is 2.20 bits per heavy atom. The van der Waals surface area contributed by atoms with E-state index in [1.807, 2.05) is 6.92 Å². The normalized spacial score (nSPS) is 12.2. The van der Waals surface area contributed by atoms with Gasteiger partial charge in [-0.3, -0.25) is 9.59 Å². The van der Waals surface area contributed by atoms with Gasteiger partial charge >= 0.3 is 6.09 Å². The highest BCUT2D eigenvalue weighted by molar-refractivity contribution is 5.97. The van der Waals surface area contributed by atoms with Crippen molar-refractivity contribution in [3.63, 3.8) is 0 Å². The number of carbonyl (C=O) groups is 3. The molecule has 0 heterocycles. The molecule has 7 nitrogen and oxygen atoms in total. The van der Waals surface area contributed by atoms with Crippen LogP contribution in [0, 0.1) is 0 Å². The molecule has 7 heteroatoms. The van der Waals surface area contributed by atoms with Crippen LogP contribution in [-0.4, -0.2) is 36.1 Å². The van der Waals surface area contributed by atoms with Crippen molar-refractivity contribution in [3.05, 3.63) is 35.4 Å². The maximum atomic E-state index is 12.1. The van der Waals surface area contributed by atoms with E-state index in [9.17, 15) is 14.4 Å². The summed E-state index contributed by atoms with van der Waals surface area (Å²) in [5, 5.41) is 5.55. The molecule has 0 aliphatic heterocycles. The predicted octanol–water partition coefficient (Wildman–Crippen LogP) is 2.21. The van der Waals surface area contributed by atoms with Crippen LogP contribution in [-0.2, 0) is 4.74 Å². The van der Waals surface area contributed by atoms with Crippen molar-refractivity contribution >= 4 is 17.9 Å². The summed E-state index contributed by atoms with van der Waals surface area (Å²) in [6.07, 6.45) is 0.973. The maximum Gasteiger partial charge on any atom is 0.407 e. The van der Waals surface area contributed by atoms with Crippen molar-refractivity contribution in [1.29, 1.82) is 0 Å². The van der Waals surface area contributed by atoms with E-state index in [4.69, 9.17) is 10.5 Å². The molecule has 1 rings (SSSR count). The summed E-state index contributed by atoms with van der Waals surface area (Å²) in [6, 6.07) is 6.11. The van der Waals surface area contributed by atoms with E-state index in [2.05, 4.69) is 10.6 Å². The summed E-state index contributed by atoms with van der Waals surface area (Å²) in [6.45, 7) is 7.78. The molecule has 0 spiro atoms. The molecule has 0 aromatic heterocycles. The van der Waals surface area contributed by atoms with Gasteiger partial charge in [0, 0.05) is 23.7 Å². The Bertz CT molecular complexity index is 606. The van der Waals surface area contributed by atoms with Gasteiger partial charge < -0.3 is 21.1 Å². The predicted molar refractivity (Wildman–Crippen MR) is 95.4 cm³/mol. The Morgan fingerprint density at radius 2 is 1.68 bits per heavy atom. The summed E-state index contributed by atoms with van der Waals surface area (Å²) in [5.41, 5.74) is 5.47. The van der Waals surface area contributed by atoms with Gasteiger partial charge in [-0.15, -0.1) is 0 Å². The van der Waals surface area contributed by atoms with Crippen molar-refractivity contribution < 1.29 is 19.1 Å². The monoisotopic (exact) mass is 349 g/mol. The fraction of sp³-hybridized carbons (Fsp3) is 0.500. The van der Waals surface area contributed by atoms with Gasteiger partial charge in [-0.2, -0.15) is 0 Å². The topological polar surface area (TPSA) is 111 Å². The molecule has 1 atom stereocenters. The number of alkyl carbamates (subject to hydrolysis) is 1. The van der Waals surface area contributed by atoms with Gasteiger partial charge in [0.1, 0.15) is 5.60 Å². The van der Waals surface area contributed by atoms with E-state index in [0.717, 1.165) is 0 Å². The number of benzene rings is 1. The van der Waals surface area contributed by atoms with Crippen LogP contribution in [0.5, 0.6) is 0 Å². The fourth-order valence-electron chi connectivity index (χ4n) is 2.08. The molecule has 0 saturated heterocycles. The molecule has 3 amide bonds. The van der Waals surface area contributed by atoms with Crippen molar-refractivity contribution in [2.24, 2.45) is 5.73 Å². The van der Waals surface area contributed by atoms with E-state index < -0.39 is 17.6 Å². The van der Waals surface area contributed by atoms with Crippen LogP contribution < -0.4 is 16.4 Å². The number of amides is 3. The summed E-state index contributed by atoms with van der Waals surface area (Å²) in [7, 11) is 0. The molecule has 1 aromatic rings.